The molecule has 1 aliphatic heterocycles. The minimum Gasteiger partial charge on any atom is -0.481 e. The smallest absolute Gasteiger partial charge is 0.307 e. The topological polar surface area (TPSA) is 103 Å². The molecule has 1 aromatic heterocycles. The van der Waals surface area contributed by atoms with Crippen LogP contribution in [0.5, 0.6) is 11.5 Å². The van der Waals surface area contributed by atoms with Crippen molar-refractivity contribution in [2.45, 2.75) is 71.8 Å². The maximum absolute atomic E-state index is 13.3. The fraction of sp³-hybridized carbons (Fsp3) is 0.433. The molecule has 0 radical (unpaired) electrons. The van der Waals surface area contributed by atoms with E-state index in [1.807, 2.05) is 19.9 Å². The van der Waals surface area contributed by atoms with Crippen LogP contribution in [0.1, 0.15) is 79.2 Å². The number of ether oxygens (including phenoxy) is 2. The molecule has 1 aliphatic carbocycles. The summed E-state index contributed by atoms with van der Waals surface area (Å²) < 4.78 is 12.9. The largest absolute Gasteiger partial charge is 0.481 e. The summed E-state index contributed by atoms with van der Waals surface area (Å²) in [5.74, 6) is 0.706. The molecule has 0 saturated carbocycles. The molecule has 200 valence electrons. The van der Waals surface area contributed by atoms with E-state index >= 15 is 0 Å². The van der Waals surface area contributed by atoms with Crippen LogP contribution >= 0.6 is 0 Å². The molecule has 2 aliphatic rings. The van der Waals surface area contributed by atoms with Gasteiger partial charge in [0.2, 0.25) is 6.79 Å². The van der Waals surface area contributed by atoms with E-state index in [4.69, 9.17) is 14.5 Å². The fourth-order valence-corrected chi connectivity index (χ4v) is 5.77. The Labute approximate surface area is 223 Å². The molecular formula is C30H35N3O5. The maximum Gasteiger partial charge on any atom is 0.307 e. The molecule has 2 aromatic carbocycles. The second-order valence-corrected chi connectivity index (χ2v) is 10.2. The maximum atomic E-state index is 13.3. The van der Waals surface area contributed by atoms with Crippen LogP contribution in [0.25, 0.3) is 11.4 Å². The van der Waals surface area contributed by atoms with E-state index in [0.29, 0.717) is 29.3 Å². The van der Waals surface area contributed by atoms with E-state index in [2.05, 4.69) is 28.9 Å². The third kappa shape index (κ3) is 4.87. The molecule has 2 unspecified atom stereocenters. The van der Waals surface area contributed by atoms with Gasteiger partial charge in [-0.3, -0.25) is 9.59 Å². The van der Waals surface area contributed by atoms with Crippen LogP contribution in [0.15, 0.2) is 36.4 Å². The first kappa shape index (κ1) is 25.8. The van der Waals surface area contributed by atoms with Crippen molar-refractivity contribution in [1.82, 2.24) is 9.55 Å². The molecule has 2 heterocycles. The first-order valence-corrected chi connectivity index (χ1v) is 13.5. The number of rotatable bonds is 10. The monoisotopic (exact) mass is 517 g/mol. The summed E-state index contributed by atoms with van der Waals surface area (Å²) in [6.07, 6.45) is 5.50. The van der Waals surface area contributed by atoms with Gasteiger partial charge in [-0.25, -0.2) is 4.98 Å². The van der Waals surface area contributed by atoms with Gasteiger partial charge in [0.15, 0.2) is 11.5 Å². The molecule has 0 spiro atoms. The van der Waals surface area contributed by atoms with Gasteiger partial charge in [0.25, 0.3) is 5.91 Å². The van der Waals surface area contributed by atoms with Crippen molar-refractivity contribution >= 4 is 17.6 Å². The Kier molecular flexibility index (Phi) is 7.40. The summed E-state index contributed by atoms with van der Waals surface area (Å²) >= 11 is 0. The van der Waals surface area contributed by atoms with Gasteiger partial charge in [-0.05, 0) is 67.9 Å². The zero-order chi connectivity index (χ0) is 26.8. The summed E-state index contributed by atoms with van der Waals surface area (Å²) in [4.78, 5) is 30.0. The quantitative estimate of drug-likeness (QED) is 0.312. The number of carbonyl (C=O) groups excluding carboxylic acids is 1. The second-order valence-electron chi connectivity index (χ2n) is 10.2. The van der Waals surface area contributed by atoms with E-state index in [0.717, 1.165) is 61.3 Å². The Morgan fingerprint density at radius 1 is 1.13 bits per heavy atom. The first-order chi connectivity index (χ1) is 18.4. The summed E-state index contributed by atoms with van der Waals surface area (Å²) in [5, 5.41) is 12.7. The van der Waals surface area contributed by atoms with Crippen LogP contribution in [0.3, 0.4) is 0 Å². The molecule has 0 saturated heterocycles. The number of aliphatic carboxylic acids is 1. The van der Waals surface area contributed by atoms with Gasteiger partial charge < -0.3 is 24.5 Å². The number of carboxylic acids is 1. The van der Waals surface area contributed by atoms with Crippen molar-refractivity contribution in [3.63, 3.8) is 0 Å². The zero-order valence-corrected chi connectivity index (χ0v) is 22.3. The van der Waals surface area contributed by atoms with Crippen LogP contribution in [-0.4, -0.2) is 33.3 Å². The lowest BCUT2D eigenvalue weighted by Gasteiger charge is -2.19. The molecule has 3 aromatic rings. The van der Waals surface area contributed by atoms with Gasteiger partial charge >= 0.3 is 5.97 Å². The van der Waals surface area contributed by atoms with E-state index < -0.39 is 5.97 Å². The van der Waals surface area contributed by atoms with E-state index in [1.165, 1.54) is 5.56 Å². The van der Waals surface area contributed by atoms with Crippen LogP contribution in [0.2, 0.25) is 0 Å². The molecule has 8 heteroatoms. The highest BCUT2D eigenvalue weighted by atomic mass is 16.7. The standard InChI is InChI=1S/C30H35N3O5/c1-4-6-7-14-33-18(3)27(29(34)31-21-10-13-25-26(16-21)38-17-37-25)32-28(33)20-9-11-23-19(15-20)8-12-24(23)22(5-2)30(35)36/h9-11,13,15-16,22,24H,4-8,12,14,17H2,1-3H3,(H,31,34)(H,35,36). The Morgan fingerprint density at radius 2 is 1.95 bits per heavy atom. The van der Waals surface area contributed by atoms with Crippen molar-refractivity contribution in [3.05, 3.63) is 58.9 Å². The van der Waals surface area contributed by atoms with Gasteiger partial charge in [0, 0.05) is 29.6 Å². The van der Waals surface area contributed by atoms with E-state index in [-0.39, 0.29) is 24.5 Å². The number of hydrogen-bond acceptors (Lipinski definition) is 5. The Morgan fingerprint density at radius 3 is 2.71 bits per heavy atom. The number of fused-ring (bicyclic) bond motifs is 2. The van der Waals surface area contributed by atoms with Gasteiger partial charge in [-0.2, -0.15) is 0 Å². The number of nitrogens with one attached hydrogen (secondary N) is 1. The number of imidazole rings is 1. The highest BCUT2D eigenvalue weighted by Gasteiger charge is 2.33. The van der Waals surface area contributed by atoms with Gasteiger partial charge in [0.05, 0.1) is 5.92 Å². The predicted molar refractivity (Wildman–Crippen MR) is 145 cm³/mol. The fourth-order valence-electron chi connectivity index (χ4n) is 5.77. The molecule has 5 rings (SSSR count). The van der Waals surface area contributed by atoms with Gasteiger partial charge in [0.1, 0.15) is 11.5 Å². The van der Waals surface area contributed by atoms with Crippen LogP contribution in [0, 0.1) is 12.8 Å². The SMILES string of the molecule is CCCCCn1c(-c2ccc3c(c2)CCC3C(CC)C(=O)O)nc(C(=O)Nc2ccc3c(c2)OCO3)c1C. The highest BCUT2D eigenvalue weighted by Crippen LogP contribution is 2.41. The number of carbonyl (C=O) groups is 2. The number of hydrogen-bond donors (Lipinski definition) is 2. The zero-order valence-electron chi connectivity index (χ0n) is 22.3. The van der Waals surface area contributed by atoms with E-state index in [9.17, 15) is 14.7 Å². The summed E-state index contributed by atoms with van der Waals surface area (Å²) in [6, 6.07) is 11.6. The molecule has 0 fully saturated rings. The number of amides is 1. The normalized spacial score (nSPS) is 16.3. The molecule has 0 bridgehead atoms. The van der Waals surface area contributed by atoms with Crippen molar-refractivity contribution < 1.29 is 24.2 Å². The third-order valence-electron chi connectivity index (χ3n) is 7.82. The summed E-state index contributed by atoms with van der Waals surface area (Å²) in [6.45, 7) is 7.00. The van der Waals surface area contributed by atoms with Crippen LogP contribution < -0.4 is 14.8 Å². The van der Waals surface area contributed by atoms with Gasteiger partial charge in [-0.15, -0.1) is 0 Å². The lowest BCUT2D eigenvalue weighted by Crippen LogP contribution is -2.19. The number of anilines is 1. The van der Waals surface area contributed by atoms with Crippen molar-refractivity contribution in [1.29, 1.82) is 0 Å². The first-order valence-electron chi connectivity index (χ1n) is 13.5. The lowest BCUT2D eigenvalue weighted by atomic mass is 9.85. The molecule has 8 nitrogen and oxygen atoms in total. The molecule has 2 N–H and O–H groups in total. The van der Waals surface area contributed by atoms with Crippen LogP contribution in [-0.2, 0) is 17.8 Å². The van der Waals surface area contributed by atoms with Crippen LogP contribution in [0.4, 0.5) is 5.69 Å². The number of unbranched alkanes of at least 4 members (excludes halogenated alkanes) is 2. The van der Waals surface area contributed by atoms with Gasteiger partial charge in [-0.1, -0.05) is 38.8 Å². The molecule has 1 amide bonds. The number of nitrogens with zero attached hydrogens (tertiary/aromatic N) is 2. The number of aromatic nitrogens is 2. The number of carboxylic acid groups (broad SMARTS) is 1. The van der Waals surface area contributed by atoms with Crippen molar-refractivity contribution in [3.8, 4) is 22.9 Å². The predicted octanol–water partition coefficient (Wildman–Crippen LogP) is 6.17. The molecule has 2 atom stereocenters. The Hall–Kier alpha value is -3.81. The second kappa shape index (κ2) is 10.9. The summed E-state index contributed by atoms with van der Waals surface area (Å²) in [5.41, 5.74) is 5.10. The Balaban J connectivity index is 1.46. The average Bonchev–Trinajstić information content (AvgIpc) is 3.62. The lowest BCUT2D eigenvalue weighted by molar-refractivity contribution is -0.142. The van der Waals surface area contributed by atoms with Crippen molar-refractivity contribution in [2.24, 2.45) is 5.92 Å². The minimum absolute atomic E-state index is 0.0376. The third-order valence-corrected chi connectivity index (χ3v) is 7.82. The summed E-state index contributed by atoms with van der Waals surface area (Å²) in [7, 11) is 0. The van der Waals surface area contributed by atoms with E-state index in [1.54, 1.807) is 18.2 Å². The van der Waals surface area contributed by atoms with Crippen molar-refractivity contribution in [2.75, 3.05) is 12.1 Å². The Bertz CT molecular complexity index is 1360. The molecular weight excluding hydrogens is 482 g/mol. The minimum atomic E-state index is -0.727. The number of benzene rings is 2. The number of aryl methyl sites for hydroxylation is 1. The average molecular weight is 518 g/mol. The highest BCUT2D eigenvalue weighted by molar-refractivity contribution is 6.04. The molecule has 38 heavy (non-hydrogen) atoms.